The molecule has 0 saturated heterocycles. The van der Waals surface area contributed by atoms with Gasteiger partial charge in [-0.2, -0.15) is 0 Å². The van der Waals surface area contributed by atoms with Crippen LogP contribution in [-0.2, 0) is 6.42 Å². The molecule has 1 N–H and O–H groups in total. The number of rotatable bonds is 4. The van der Waals surface area contributed by atoms with Gasteiger partial charge in [0.25, 0.3) is 0 Å². The van der Waals surface area contributed by atoms with Crippen molar-refractivity contribution in [2.45, 2.75) is 6.42 Å². The smallest absolute Gasteiger partial charge is 0.149 e. The van der Waals surface area contributed by atoms with Crippen molar-refractivity contribution in [2.24, 2.45) is 5.16 Å². The van der Waals surface area contributed by atoms with Gasteiger partial charge in [0, 0.05) is 6.42 Å². The van der Waals surface area contributed by atoms with E-state index in [-0.39, 0.29) is 5.17 Å². The fourth-order valence-electron chi connectivity index (χ4n) is 1.55. The molecule has 0 aromatic heterocycles. The molecule has 4 heteroatoms. The van der Waals surface area contributed by atoms with Crippen molar-refractivity contribution in [2.75, 3.05) is 0 Å². The van der Waals surface area contributed by atoms with Gasteiger partial charge in [0.1, 0.15) is 16.7 Å². The van der Waals surface area contributed by atoms with Crippen LogP contribution in [0.5, 0.6) is 11.5 Å². The van der Waals surface area contributed by atoms with E-state index in [4.69, 9.17) is 21.5 Å². The molecular formula is C14H12ClNO2. The summed E-state index contributed by atoms with van der Waals surface area (Å²) in [6, 6.07) is 17.0. The van der Waals surface area contributed by atoms with E-state index in [9.17, 15) is 0 Å². The summed E-state index contributed by atoms with van der Waals surface area (Å²) in [5.74, 6) is 1.50. The number of hydrogen-bond acceptors (Lipinski definition) is 3. The Kier molecular flexibility index (Phi) is 4.20. The summed E-state index contributed by atoms with van der Waals surface area (Å²) in [6.45, 7) is 0. The fraction of sp³-hybridized carbons (Fsp3) is 0.0714. The Balaban J connectivity index is 2.13. The van der Waals surface area contributed by atoms with Crippen molar-refractivity contribution >= 4 is 16.8 Å². The Labute approximate surface area is 110 Å². The van der Waals surface area contributed by atoms with Crippen molar-refractivity contribution < 1.29 is 9.94 Å². The number of halogens is 1. The van der Waals surface area contributed by atoms with Crippen LogP contribution in [0.2, 0.25) is 0 Å². The van der Waals surface area contributed by atoms with Gasteiger partial charge in [0.15, 0.2) is 0 Å². The molecule has 0 spiro atoms. The fourth-order valence-corrected chi connectivity index (χ4v) is 1.70. The second-order valence-electron chi connectivity index (χ2n) is 3.72. The average Bonchev–Trinajstić information content (AvgIpc) is 2.40. The summed E-state index contributed by atoms with van der Waals surface area (Å²) in [7, 11) is 0. The Bertz CT molecular complexity index is 541. The minimum absolute atomic E-state index is 0.145. The van der Waals surface area contributed by atoms with Crippen LogP contribution in [0, 0.1) is 0 Å². The highest BCUT2D eigenvalue weighted by atomic mass is 35.5. The van der Waals surface area contributed by atoms with Crippen LogP contribution in [0.15, 0.2) is 59.8 Å². The Hall–Kier alpha value is -2.00. The van der Waals surface area contributed by atoms with Gasteiger partial charge in [-0.25, -0.2) is 0 Å². The molecule has 0 amide bonds. The zero-order valence-corrected chi connectivity index (χ0v) is 10.3. The zero-order chi connectivity index (χ0) is 12.8. The second kappa shape index (κ2) is 6.07. The quantitative estimate of drug-likeness (QED) is 0.513. The molecule has 0 radical (unpaired) electrons. The van der Waals surface area contributed by atoms with Crippen LogP contribution in [0.25, 0.3) is 0 Å². The summed E-state index contributed by atoms with van der Waals surface area (Å²) in [6.07, 6.45) is 0.379. The van der Waals surface area contributed by atoms with Crippen molar-refractivity contribution in [1.29, 1.82) is 0 Å². The molecule has 0 saturated carbocycles. The summed E-state index contributed by atoms with van der Waals surface area (Å²) in [5, 5.41) is 11.6. The lowest BCUT2D eigenvalue weighted by molar-refractivity contribution is 0.319. The lowest BCUT2D eigenvalue weighted by Gasteiger charge is -2.06. The molecule has 18 heavy (non-hydrogen) atoms. The number of para-hydroxylation sites is 1. The largest absolute Gasteiger partial charge is 0.457 e. The molecule has 2 rings (SSSR count). The van der Waals surface area contributed by atoms with Crippen LogP contribution in [-0.4, -0.2) is 10.4 Å². The van der Waals surface area contributed by atoms with E-state index in [0.717, 1.165) is 17.1 Å². The van der Waals surface area contributed by atoms with Crippen LogP contribution < -0.4 is 4.74 Å². The molecule has 0 bridgehead atoms. The van der Waals surface area contributed by atoms with E-state index in [1.807, 2.05) is 54.6 Å². The first-order chi connectivity index (χ1) is 8.78. The van der Waals surface area contributed by atoms with E-state index >= 15 is 0 Å². The highest BCUT2D eigenvalue weighted by Crippen LogP contribution is 2.22. The summed E-state index contributed by atoms with van der Waals surface area (Å²) < 4.78 is 5.69. The van der Waals surface area contributed by atoms with E-state index in [0.29, 0.717) is 6.42 Å². The molecule has 0 aliphatic carbocycles. The van der Waals surface area contributed by atoms with Crippen LogP contribution in [0.1, 0.15) is 5.56 Å². The highest BCUT2D eigenvalue weighted by Gasteiger charge is 2.01. The van der Waals surface area contributed by atoms with E-state index < -0.39 is 0 Å². The summed E-state index contributed by atoms with van der Waals surface area (Å²) in [4.78, 5) is 0. The second-order valence-corrected chi connectivity index (χ2v) is 4.15. The highest BCUT2D eigenvalue weighted by molar-refractivity contribution is 6.65. The predicted molar refractivity (Wildman–Crippen MR) is 71.7 cm³/mol. The molecule has 2 aromatic carbocycles. The summed E-state index contributed by atoms with van der Waals surface area (Å²) >= 11 is 5.67. The molecule has 0 aliphatic rings. The maximum absolute atomic E-state index is 8.53. The third-order valence-corrected chi connectivity index (χ3v) is 2.55. The van der Waals surface area contributed by atoms with Gasteiger partial charge in [-0.3, -0.25) is 0 Å². The Morgan fingerprint density at radius 1 is 1.06 bits per heavy atom. The Morgan fingerprint density at radius 2 is 1.78 bits per heavy atom. The number of oxime groups is 1. The van der Waals surface area contributed by atoms with Gasteiger partial charge < -0.3 is 9.94 Å². The molecular weight excluding hydrogens is 250 g/mol. The summed E-state index contributed by atoms with van der Waals surface area (Å²) in [5.41, 5.74) is 0.922. The predicted octanol–water partition coefficient (Wildman–Crippen LogP) is 4.05. The monoisotopic (exact) mass is 261 g/mol. The third kappa shape index (κ3) is 3.50. The van der Waals surface area contributed by atoms with Crippen LogP contribution in [0.4, 0.5) is 0 Å². The number of benzene rings is 2. The number of nitrogens with zero attached hydrogens (tertiary/aromatic N) is 1. The van der Waals surface area contributed by atoms with Gasteiger partial charge in [-0.1, -0.05) is 47.1 Å². The molecule has 0 atom stereocenters. The normalized spacial score (nSPS) is 11.3. The van der Waals surface area contributed by atoms with E-state index in [2.05, 4.69) is 5.16 Å². The Morgan fingerprint density at radius 3 is 2.50 bits per heavy atom. The van der Waals surface area contributed by atoms with E-state index in [1.165, 1.54) is 0 Å². The minimum atomic E-state index is 0.145. The molecule has 0 heterocycles. The third-order valence-electron chi connectivity index (χ3n) is 2.34. The zero-order valence-electron chi connectivity index (χ0n) is 9.58. The molecule has 0 unspecified atom stereocenters. The lowest BCUT2D eigenvalue weighted by atomic mass is 10.1. The molecule has 0 fully saturated rings. The van der Waals surface area contributed by atoms with Crippen molar-refractivity contribution in [3.63, 3.8) is 0 Å². The van der Waals surface area contributed by atoms with Gasteiger partial charge in [0.05, 0.1) is 0 Å². The van der Waals surface area contributed by atoms with Gasteiger partial charge >= 0.3 is 0 Å². The number of ether oxygens (including phenoxy) is 1. The minimum Gasteiger partial charge on any atom is -0.457 e. The maximum atomic E-state index is 8.53. The molecule has 0 aliphatic heterocycles. The van der Waals surface area contributed by atoms with Crippen molar-refractivity contribution in [3.8, 4) is 11.5 Å². The maximum Gasteiger partial charge on any atom is 0.149 e. The molecule has 92 valence electrons. The average molecular weight is 262 g/mol. The van der Waals surface area contributed by atoms with Crippen molar-refractivity contribution in [1.82, 2.24) is 0 Å². The van der Waals surface area contributed by atoms with Gasteiger partial charge in [-0.15, -0.1) is 0 Å². The first-order valence-corrected chi connectivity index (χ1v) is 5.84. The standard InChI is InChI=1S/C14H12ClNO2/c15-14(16-17)10-11-5-4-8-13(9-11)18-12-6-2-1-3-7-12/h1-9,17H,10H2/b16-14+. The SMILES string of the molecule is O/N=C(/Cl)Cc1cccc(Oc2ccccc2)c1. The van der Waals surface area contributed by atoms with Gasteiger partial charge in [-0.05, 0) is 29.8 Å². The van der Waals surface area contributed by atoms with Crippen LogP contribution in [0.3, 0.4) is 0 Å². The molecule has 3 nitrogen and oxygen atoms in total. The lowest BCUT2D eigenvalue weighted by Crippen LogP contribution is -1.94. The first-order valence-electron chi connectivity index (χ1n) is 5.46. The van der Waals surface area contributed by atoms with Gasteiger partial charge in [0.2, 0.25) is 0 Å². The topological polar surface area (TPSA) is 41.8 Å². The van der Waals surface area contributed by atoms with Crippen LogP contribution >= 0.6 is 11.6 Å². The van der Waals surface area contributed by atoms with Crippen molar-refractivity contribution in [3.05, 3.63) is 60.2 Å². The molecule has 2 aromatic rings. The first kappa shape index (κ1) is 12.5. The van der Waals surface area contributed by atoms with E-state index in [1.54, 1.807) is 0 Å². The number of hydrogen-bond donors (Lipinski definition) is 1.